The number of nitrogens with zero attached hydrogens (tertiary/aromatic N) is 3. The molecule has 0 N–H and O–H groups in total. The van der Waals surface area contributed by atoms with Crippen LogP contribution in [0.2, 0.25) is 0 Å². The van der Waals surface area contributed by atoms with Crippen molar-refractivity contribution in [2.24, 2.45) is 11.1 Å². The molecule has 0 bridgehead atoms. The van der Waals surface area contributed by atoms with Gasteiger partial charge < -0.3 is 9.57 Å². The highest BCUT2D eigenvalue weighted by Gasteiger charge is 2.52. The highest BCUT2D eigenvalue weighted by atomic mass is 79.9. The topological polar surface area (TPSA) is 74.9 Å². The van der Waals surface area contributed by atoms with Crippen molar-refractivity contribution in [1.82, 2.24) is 4.90 Å². The minimum Gasteiger partial charge on any atom is -0.444 e. The van der Waals surface area contributed by atoms with Crippen molar-refractivity contribution in [1.29, 1.82) is 5.26 Å². The van der Waals surface area contributed by atoms with Crippen LogP contribution in [0.25, 0.3) is 0 Å². The van der Waals surface area contributed by atoms with Crippen molar-refractivity contribution in [3.8, 4) is 6.07 Å². The molecule has 3 atom stereocenters. The van der Waals surface area contributed by atoms with Crippen LogP contribution in [0, 0.1) is 17.2 Å². The van der Waals surface area contributed by atoms with E-state index in [1.165, 1.54) is 4.90 Å². The molecule has 0 spiro atoms. The van der Waals surface area contributed by atoms with Crippen LogP contribution in [-0.2, 0) is 9.57 Å². The van der Waals surface area contributed by atoms with Crippen molar-refractivity contribution >= 4 is 26.6 Å². The molecule has 0 aromatic rings. The molecule has 0 radical (unpaired) electrons. The van der Waals surface area contributed by atoms with Crippen LogP contribution in [-0.4, -0.2) is 39.9 Å². The molecule has 18 heavy (non-hydrogen) atoms. The van der Waals surface area contributed by atoms with E-state index >= 15 is 0 Å². The second-order valence-electron chi connectivity index (χ2n) is 5.29. The number of carbonyl (C=O) groups is 1. The Hall–Kier alpha value is -1.29. The number of carbonyl (C=O) groups excluding carboxylic acids is 1. The van der Waals surface area contributed by atoms with Crippen LogP contribution in [0.15, 0.2) is 5.16 Å². The van der Waals surface area contributed by atoms with Crippen LogP contribution >= 0.6 is 15.9 Å². The van der Waals surface area contributed by atoms with E-state index in [1.807, 2.05) is 0 Å². The fraction of sp³-hybridized carbons (Fsp3) is 0.727. The maximum absolute atomic E-state index is 12.0. The fourth-order valence-electron chi connectivity index (χ4n) is 2.04. The molecule has 1 amide bonds. The molecule has 0 unspecified atom stereocenters. The first kappa shape index (κ1) is 13.1. The van der Waals surface area contributed by atoms with Gasteiger partial charge in [-0.15, -0.1) is 0 Å². The molecule has 6 nitrogen and oxygen atoms in total. The Bertz CT molecular complexity index is 438. The Morgan fingerprint density at radius 3 is 2.89 bits per heavy atom. The van der Waals surface area contributed by atoms with Gasteiger partial charge in [0.1, 0.15) is 16.3 Å². The number of oxime groups is 1. The molecule has 2 aliphatic heterocycles. The molecule has 1 saturated heterocycles. The molecule has 2 heterocycles. The number of fused-ring (bicyclic) bond motifs is 1. The molecule has 2 rings (SSSR count). The standard InChI is InChI=1S/C11H14BrN3O3/c1-11(2,3)17-10(16)15-5-7-8(6(15)4-13)9(12)14-18-7/h6-8H,5H2,1-3H3/t6-,7-,8+/m0/s1. The largest absolute Gasteiger partial charge is 0.444 e. The van der Waals surface area contributed by atoms with E-state index in [4.69, 9.17) is 9.57 Å². The van der Waals surface area contributed by atoms with Gasteiger partial charge >= 0.3 is 6.09 Å². The summed E-state index contributed by atoms with van der Waals surface area (Å²) in [6, 6.07) is 1.51. The molecule has 0 saturated carbocycles. The van der Waals surface area contributed by atoms with Crippen LogP contribution in [0.5, 0.6) is 0 Å². The summed E-state index contributed by atoms with van der Waals surface area (Å²) in [4.78, 5) is 18.6. The van der Waals surface area contributed by atoms with Gasteiger partial charge in [-0.1, -0.05) is 5.16 Å². The normalized spacial score (nSPS) is 30.3. The minimum atomic E-state index is -0.606. The lowest BCUT2D eigenvalue weighted by Gasteiger charge is -2.26. The third-order valence-corrected chi connectivity index (χ3v) is 3.44. The minimum absolute atomic E-state index is 0.220. The summed E-state index contributed by atoms with van der Waals surface area (Å²) in [7, 11) is 0. The number of hydrogen-bond donors (Lipinski definition) is 0. The molecule has 98 valence electrons. The molecule has 1 fully saturated rings. The van der Waals surface area contributed by atoms with Gasteiger partial charge in [-0.05, 0) is 36.7 Å². The first-order valence-electron chi connectivity index (χ1n) is 5.62. The first-order chi connectivity index (χ1) is 8.33. The Kier molecular flexibility index (Phi) is 3.23. The molecular weight excluding hydrogens is 302 g/mol. The average molecular weight is 316 g/mol. The van der Waals surface area contributed by atoms with E-state index in [0.29, 0.717) is 11.2 Å². The number of ether oxygens (including phenoxy) is 1. The lowest BCUT2D eigenvalue weighted by atomic mass is 10.0. The number of amides is 1. The predicted octanol–water partition coefficient (Wildman–Crippen LogP) is 1.85. The van der Waals surface area contributed by atoms with E-state index < -0.39 is 17.7 Å². The van der Waals surface area contributed by atoms with Crippen LogP contribution in [0.4, 0.5) is 4.79 Å². The van der Waals surface area contributed by atoms with Crippen molar-refractivity contribution in [3.63, 3.8) is 0 Å². The zero-order chi connectivity index (χ0) is 13.5. The third-order valence-electron chi connectivity index (χ3n) is 2.76. The van der Waals surface area contributed by atoms with Gasteiger partial charge in [-0.25, -0.2) is 4.79 Å². The number of rotatable bonds is 0. The van der Waals surface area contributed by atoms with Gasteiger partial charge in [0.2, 0.25) is 0 Å². The number of nitriles is 1. The Morgan fingerprint density at radius 1 is 1.67 bits per heavy atom. The summed E-state index contributed by atoms with van der Waals surface area (Å²) in [5, 5.41) is 13.0. The zero-order valence-corrected chi connectivity index (χ0v) is 12.0. The van der Waals surface area contributed by atoms with Crippen molar-refractivity contribution in [2.45, 2.75) is 38.5 Å². The summed E-state index contributed by atoms with van der Waals surface area (Å²) in [6.45, 7) is 5.68. The molecule has 7 heteroatoms. The Labute approximate surface area is 114 Å². The molecule has 0 aromatic heterocycles. The fourth-order valence-corrected chi connectivity index (χ4v) is 2.67. The van der Waals surface area contributed by atoms with Gasteiger partial charge in [-0.2, -0.15) is 5.26 Å². The second kappa shape index (κ2) is 4.43. The highest BCUT2D eigenvalue weighted by molar-refractivity contribution is 9.18. The van der Waals surface area contributed by atoms with Crippen LogP contribution in [0.1, 0.15) is 20.8 Å². The molecule has 0 aliphatic carbocycles. The van der Waals surface area contributed by atoms with Gasteiger partial charge in [0.15, 0.2) is 6.10 Å². The van der Waals surface area contributed by atoms with Crippen molar-refractivity contribution in [3.05, 3.63) is 0 Å². The smallest absolute Gasteiger partial charge is 0.411 e. The summed E-state index contributed by atoms with van der Waals surface area (Å²) < 4.78 is 5.85. The number of hydrogen-bond acceptors (Lipinski definition) is 5. The maximum Gasteiger partial charge on any atom is 0.411 e. The highest BCUT2D eigenvalue weighted by Crippen LogP contribution is 2.35. The summed E-state index contributed by atoms with van der Waals surface area (Å²) in [5.41, 5.74) is -0.582. The van der Waals surface area contributed by atoms with Crippen LogP contribution in [0.3, 0.4) is 0 Å². The molecule has 2 aliphatic rings. The predicted molar refractivity (Wildman–Crippen MR) is 67.1 cm³/mol. The average Bonchev–Trinajstić information content (AvgIpc) is 2.76. The lowest BCUT2D eigenvalue weighted by Crippen LogP contribution is -2.41. The van der Waals surface area contributed by atoms with Gasteiger partial charge in [0, 0.05) is 0 Å². The van der Waals surface area contributed by atoms with Gasteiger partial charge in [-0.3, -0.25) is 4.90 Å². The number of halogens is 1. The van der Waals surface area contributed by atoms with Crippen molar-refractivity contribution in [2.75, 3.05) is 6.54 Å². The molecular formula is C11H14BrN3O3. The maximum atomic E-state index is 12.0. The van der Waals surface area contributed by atoms with E-state index in [-0.39, 0.29) is 12.0 Å². The SMILES string of the molecule is CC(C)(C)OC(=O)N1C[C@@H]2ON=C(Br)[C@@H]2[C@@H]1C#N. The molecule has 0 aromatic carbocycles. The second-order valence-corrected chi connectivity index (χ2v) is 6.10. The van der Waals surface area contributed by atoms with Crippen molar-refractivity contribution < 1.29 is 14.4 Å². The Morgan fingerprint density at radius 2 is 2.33 bits per heavy atom. The lowest BCUT2D eigenvalue weighted by molar-refractivity contribution is 0.0202. The van der Waals surface area contributed by atoms with E-state index in [2.05, 4.69) is 27.2 Å². The van der Waals surface area contributed by atoms with Gasteiger partial charge in [0.05, 0.1) is 18.5 Å². The third kappa shape index (κ3) is 2.29. The summed E-state index contributed by atoms with van der Waals surface area (Å²) >= 11 is 3.26. The summed E-state index contributed by atoms with van der Waals surface area (Å²) in [6.07, 6.45) is -0.760. The van der Waals surface area contributed by atoms with E-state index in [1.54, 1.807) is 20.8 Å². The van der Waals surface area contributed by atoms with E-state index in [0.717, 1.165) is 0 Å². The van der Waals surface area contributed by atoms with Gasteiger partial charge in [0.25, 0.3) is 0 Å². The van der Waals surface area contributed by atoms with Crippen LogP contribution < -0.4 is 0 Å². The zero-order valence-electron chi connectivity index (χ0n) is 10.4. The van der Waals surface area contributed by atoms with E-state index in [9.17, 15) is 10.1 Å². The first-order valence-corrected chi connectivity index (χ1v) is 6.41. The summed E-state index contributed by atoms with van der Waals surface area (Å²) in [5.74, 6) is -0.220. The Balaban J connectivity index is 2.14. The monoisotopic (exact) mass is 315 g/mol. The quantitative estimate of drug-likeness (QED) is 0.683. The number of likely N-dealkylation sites (tertiary alicyclic amines) is 1.